The van der Waals surface area contributed by atoms with Crippen molar-refractivity contribution in [3.63, 3.8) is 0 Å². The summed E-state index contributed by atoms with van der Waals surface area (Å²) in [5, 5.41) is 0. The summed E-state index contributed by atoms with van der Waals surface area (Å²) in [6, 6.07) is 0. The molecule has 0 aromatic rings. The summed E-state index contributed by atoms with van der Waals surface area (Å²) in [5.74, 6) is -1.07. The molecule has 0 rings (SSSR count). The Balaban J connectivity index is 3.34. The van der Waals surface area contributed by atoms with Gasteiger partial charge in [0.15, 0.2) is 0 Å². The van der Waals surface area contributed by atoms with Crippen molar-refractivity contribution in [2.75, 3.05) is 19.1 Å². The maximum Gasteiger partial charge on any atom is 0.333 e. The van der Waals surface area contributed by atoms with Gasteiger partial charge in [-0.15, -0.1) is 11.6 Å². The van der Waals surface area contributed by atoms with Gasteiger partial charge in [0.25, 0.3) is 0 Å². The molecule has 80 valence electrons. The standard InChI is InChI=1S/C9H13ClO4/c1-7(2)9(12)14-5-3-4-13-8(11)6-10/h1,3-6H2,2H3. The molecule has 0 aliphatic rings. The molecule has 5 heteroatoms. The van der Waals surface area contributed by atoms with Crippen LogP contribution >= 0.6 is 11.6 Å². The zero-order valence-electron chi connectivity index (χ0n) is 8.05. The number of ether oxygens (including phenoxy) is 2. The van der Waals surface area contributed by atoms with Gasteiger partial charge in [-0.25, -0.2) is 4.79 Å². The van der Waals surface area contributed by atoms with E-state index in [9.17, 15) is 9.59 Å². The predicted octanol–water partition coefficient (Wildman–Crippen LogP) is 1.28. The van der Waals surface area contributed by atoms with Crippen LogP contribution in [0.2, 0.25) is 0 Å². The molecule has 0 unspecified atom stereocenters. The first kappa shape index (κ1) is 13.0. The predicted molar refractivity (Wildman–Crippen MR) is 52.1 cm³/mol. The highest BCUT2D eigenvalue weighted by Gasteiger charge is 2.03. The van der Waals surface area contributed by atoms with Crippen molar-refractivity contribution >= 4 is 23.5 Å². The molecule has 0 aliphatic heterocycles. The fourth-order valence-electron chi connectivity index (χ4n) is 0.572. The first-order valence-corrected chi connectivity index (χ1v) is 4.65. The Morgan fingerprint density at radius 3 is 2.36 bits per heavy atom. The number of carbonyl (C=O) groups excluding carboxylic acids is 2. The van der Waals surface area contributed by atoms with Gasteiger partial charge in [-0.05, 0) is 6.92 Å². The molecule has 0 spiro atoms. The Morgan fingerprint density at radius 1 is 1.29 bits per heavy atom. The SMILES string of the molecule is C=C(C)C(=O)OCCCOC(=O)CCl. The molecule has 0 aromatic heterocycles. The average Bonchev–Trinajstić information content (AvgIpc) is 2.16. The van der Waals surface area contributed by atoms with Crippen LogP contribution in [-0.2, 0) is 19.1 Å². The van der Waals surface area contributed by atoms with Crippen molar-refractivity contribution in [2.24, 2.45) is 0 Å². The lowest BCUT2D eigenvalue weighted by molar-refractivity contribution is -0.142. The lowest BCUT2D eigenvalue weighted by Crippen LogP contribution is -2.11. The molecule has 14 heavy (non-hydrogen) atoms. The van der Waals surface area contributed by atoms with Crippen LogP contribution in [0, 0.1) is 0 Å². The number of hydrogen-bond donors (Lipinski definition) is 0. The third-order valence-corrected chi connectivity index (χ3v) is 1.46. The summed E-state index contributed by atoms with van der Waals surface area (Å²) in [4.78, 5) is 21.4. The van der Waals surface area contributed by atoms with Gasteiger partial charge < -0.3 is 9.47 Å². The van der Waals surface area contributed by atoms with Crippen molar-refractivity contribution in [2.45, 2.75) is 13.3 Å². The maximum atomic E-state index is 10.8. The van der Waals surface area contributed by atoms with Crippen molar-refractivity contribution < 1.29 is 19.1 Å². The fraction of sp³-hybridized carbons (Fsp3) is 0.556. The lowest BCUT2D eigenvalue weighted by Gasteiger charge is -2.04. The third-order valence-electron chi connectivity index (χ3n) is 1.24. The van der Waals surface area contributed by atoms with Gasteiger partial charge in [0.2, 0.25) is 0 Å². The van der Waals surface area contributed by atoms with Gasteiger partial charge in [-0.3, -0.25) is 4.79 Å². The summed E-state index contributed by atoms with van der Waals surface area (Å²) in [7, 11) is 0. The van der Waals surface area contributed by atoms with Crippen molar-refractivity contribution in [1.29, 1.82) is 0 Å². The van der Waals surface area contributed by atoms with Crippen LogP contribution in [0.1, 0.15) is 13.3 Å². The van der Waals surface area contributed by atoms with Crippen LogP contribution in [0.25, 0.3) is 0 Å². The quantitative estimate of drug-likeness (QED) is 0.293. The maximum absolute atomic E-state index is 10.8. The molecule has 0 radical (unpaired) electrons. The molecule has 0 atom stereocenters. The van der Waals surface area contributed by atoms with E-state index in [0.29, 0.717) is 12.0 Å². The molecule has 0 fully saturated rings. The topological polar surface area (TPSA) is 52.6 Å². The molecule has 0 N–H and O–H groups in total. The van der Waals surface area contributed by atoms with Crippen LogP contribution in [0.4, 0.5) is 0 Å². The number of esters is 2. The van der Waals surface area contributed by atoms with Crippen LogP contribution in [0.15, 0.2) is 12.2 Å². The van der Waals surface area contributed by atoms with E-state index in [0.717, 1.165) is 0 Å². The first-order valence-electron chi connectivity index (χ1n) is 4.12. The molecular weight excluding hydrogens is 208 g/mol. The molecule has 4 nitrogen and oxygen atoms in total. The Hall–Kier alpha value is -1.03. The Morgan fingerprint density at radius 2 is 1.86 bits per heavy atom. The molecule has 0 aliphatic carbocycles. The normalized spacial score (nSPS) is 9.29. The molecule has 0 bridgehead atoms. The third kappa shape index (κ3) is 6.48. The van der Waals surface area contributed by atoms with Gasteiger partial charge in [-0.1, -0.05) is 6.58 Å². The van der Waals surface area contributed by atoms with Crippen LogP contribution in [0.5, 0.6) is 0 Å². The van der Waals surface area contributed by atoms with E-state index in [1.165, 1.54) is 0 Å². The van der Waals surface area contributed by atoms with E-state index in [1.807, 2.05) is 0 Å². The van der Waals surface area contributed by atoms with Gasteiger partial charge in [0.1, 0.15) is 5.88 Å². The van der Waals surface area contributed by atoms with E-state index in [4.69, 9.17) is 16.3 Å². The van der Waals surface area contributed by atoms with E-state index in [-0.39, 0.29) is 19.1 Å². The van der Waals surface area contributed by atoms with Crippen LogP contribution < -0.4 is 0 Å². The van der Waals surface area contributed by atoms with Gasteiger partial charge in [0, 0.05) is 12.0 Å². The minimum absolute atomic E-state index is 0.161. The van der Waals surface area contributed by atoms with Crippen molar-refractivity contribution in [1.82, 2.24) is 0 Å². The fourth-order valence-corrected chi connectivity index (χ4v) is 0.649. The van der Waals surface area contributed by atoms with E-state index in [2.05, 4.69) is 11.3 Å². The number of rotatable bonds is 6. The van der Waals surface area contributed by atoms with Crippen LogP contribution in [0.3, 0.4) is 0 Å². The smallest absolute Gasteiger partial charge is 0.333 e. The van der Waals surface area contributed by atoms with Gasteiger partial charge in [0.05, 0.1) is 13.2 Å². The van der Waals surface area contributed by atoms with E-state index >= 15 is 0 Å². The summed E-state index contributed by atoms with van der Waals surface area (Å²) >= 11 is 5.19. The number of alkyl halides is 1. The number of hydrogen-bond acceptors (Lipinski definition) is 4. The largest absolute Gasteiger partial charge is 0.465 e. The van der Waals surface area contributed by atoms with E-state index < -0.39 is 11.9 Å². The highest BCUT2D eigenvalue weighted by Crippen LogP contribution is 1.94. The second kappa shape index (κ2) is 7.38. The second-order valence-corrected chi connectivity index (χ2v) is 2.89. The highest BCUT2D eigenvalue weighted by molar-refractivity contribution is 6.26. The number of carbonyl (C=O) groups is 2. The number of halogens is 1. The van der Waals surface area contributed by atoms with Gasteiger partial charge >= 0.3 is 11.9 Å². The highest BCUT2D eigenvalue weighted by atomic mass is 35.5. The van der Waals surface area contributed by atoms with Crippen molar-refractivity contribution in [3.8, 4) is 0 Å². The van der Waals surface area contributed by atoms with E-state index in [1.54, 1.807) is 6.92 Å². The molecule has 0 saturated heterocycles. The minimum Gasteiger partial charge on any atom is -0.465 e. The summed E-state index contributed by atoms with van der Waals surface area (Å²) in [5.41, 5.74) is 0.350. The zero-order chi connectivity index (χ0) is 11.0. The average molecular weight is 221 g/mol. The minimum atomic E-state index is -0.474. The lowest BCUT2D eigenvalue weighted by atomic mass is 10.4. The molecule has 0 saturated carbocycles. The van der Waals surface area contributed by atoms with Gasteiger partial charge in [-0.2, -0.15) is 0 Å². The van der Waals surface area contributed by atoms with Crippen LogP contribution in [-0.4, -0.2) is 31.0 Å². The Labute approximate surface area is 87.8 Å². The first-order chi connectivity index (χ1) is 6.57. The molecule has 0 aromatic carbocycles. The molecule has 0 amide bonds. The molecular formula is C9H13ClO4. The Bertz CT molecular complexity index is 225. The second-order valence-electron chi connectivity index (χ2n) is 2.62. The van der Waals surface area contributed by atoms with Crippen molar-refractivity contribution in [3.05, 3.63) is 12.2 Å². The zero-order valence-corrected chi connectivity index (χ0v) is 8.80. The summed E-state index contributed by atoms with van der Waals surface area (Å²) in [6.45, 7) is 5.40. The monoisotopic (exact) mass is 220 g/mol. The molecule has 0 heterocycles. The Kier molecular flexibility index (Phi) is 6.84. The summed E-state index contributed by atoms with van der Waals surface area (Å²) in [6.07, 6.45) is 0.460. The summed E-state index contributed by atoms with van der Waals surface area (Å²) < 4.78 is 9.40.